The van der Waals surface area contributed by atoms with Gasteiger partial charge in [0.25, 0.3) is 0 Å². The van der Waals surface area contributed by atoms with Crippen LogP contribution >= 0.6 is 0 Å². The molecule has 1 atom stereocenters. The fraction of sp³-hybridized carbons (Fsp3) is 0.294. The van der Waals surface area contributed by atoms with Crippen LogP contribution in [0.2, 0.25) is 0 Å². The maximum Gasteiger partial charge on any atom is 0.0911 e. The number of rotatable bonds is 3. The van der Waals surface area contributed by atoms with Crippen LogP contribution in [-0.4, -0.2) is 5.11 Å². The summed E-state index contributed by atoms with van der Waals surface area (Å²) in [7, 11) is 0. The number of hydrogen-bond donors (Lipinski definition) is 1. The lowest BCUT2D eigenvalue weighted by molar-refractivity contribution is 0.0569. The van der Waals surface area contributed by atoms with Gasteiger partial charge in [0.2, 0.25) is 0 Å². The van der Waals surface area contributed by atoms with Gasteiger partial charge in [-0.1, -0.05) is 48.5 Å². The first-order chi connectivity index (χ1) is 8.50. The zero-order valence-corrected chi connectivity index (χ0v) is 11.3. The normalized spacial score (nSPS) is 14.2. The lowest BCUT2D eigenvalue weighted by Crippen LogP contribution is -2.25. The summed E-state index contributed by atoms with van der Waals surface area (Å²) in [5, 5.41) is 10.7. The summed E-state index contributed by atoms with van der Waals surface area (Å²) < 4.78 is 0. The van der Waals surface area contributed by atoms with Gasteiger partial charge >= 0.3 is 0 Å². The van der Waals surface area contributed by atoms with Gasteiger partial charge in [-0.2, -0.15) is 0 Å². The van der Waals surface area contributed by atoms with Crippen LogP contribution in [0.25, 0.3) is 0 Å². The molecule has 2 aromatic carbocycles. The fourth-order valence-corrected chi connectivity index (χ4v) is 2.42. The molecule has 94 valence electrons. The SMILES string of the molecule is Cc1cccc(C(C)(O)Cc2ccccc2)c1C. The van der Waals surface area contributed by atoms with Gasteiger partial charge in [-0.25, -0.2) is 0 Å². The van der Waals surface area contributed by atoms with Crippen molar-refractivity contribution < 1.29 is 5.11 Å². The van der Waals surface area contributed by atoms with Gasteiger partial charge in [0, 0.05) is 6.42 Å². The highest BCUT2D eigenvalue weighted by Crippen LogP contribution is 2.29. The largest absolute Gasteiger partial charge is 0.385 e. The Balaban J connectivity index is 2.33. The molecule has 0 radical (unpaired) electrons. The van der Waals surface area contributed by atoms with Crippen molar-refractivity contribution in [3.05, 3.63) is 70.8 Å². The Morgan fingerprint density at radius 3 is 2.28 bits per heavy atom. The topological polar surface area (TPSA) is 20.2 Å². The second kappa shape index (κ2) is 4.95. The summed E-state index contributed by atoms with van der Waals surface area (Å²) in [5.41, 5.74) is 3.76. The van der Waals surface area contributed by atoms with Crippen molar-refractivity contribution in [2.45, 2.75) is 32.8 Å². The molecule has 1 N–H and O–H groups in total. The molecular weight excluding hydrogens is 220 g/mol. The van der Waals surface area contributed by atoms with Gasteiger partial charge in [-0.3, -0.25) is 0 Å². The molecule has 0 bridgehead atoms. The van der Waals surface area contributed by atoms with Crippen molar-refractivity contribution in [2.24, 2.45) is 0 Å². The van der Waals surface area contributed by atoms with Crippen LogP contribution in [0.1, 0.15) is 29.2 Å². The molecule has 0 amide bonds. The first kappa shape index (κ1) is 12.8. The fourth-order valence-electron chi connectivity index (χ4n) is 2.42. The molecule has 18 heavy (non-hydrogen) atoms. The molecule has 0 aromatic heterocycles. The second-order valence-corrected chi connectivity index (χ2v) is 5.18. The van der Waals surface area contributed by atoms with Crippen LogP contribution in [0.3, 0.4) is 0 Å². The van der Waals surface area contributed by atoms with Gasteiger partial charge in [-0.15, -0.1) is 0 Å². The van der Waals surface area contributed by atoms with E-state index in [0.29, 0.717) is 6.42 Å². The van der Waals surface area contributed by atoms with Gasteiger partial charge in [-0.05, 0) is 43.0 Å². The Kier molecular flexibility index (Phi) is 3.53. The van der Waals surface area contributed by atoms with E-state index in [1.165, 1.54) is 11.1 Å². The van der Waals surface area contributed by atoms with Crippen LogP contribution in [0.5, 0.6) is 0 Å². The Labute approximate surface area is 109 Å². The highest BCUT2D eigenvalue weighted by molar-refractivity contribution is 5.38. The minimum absolute atomic E-state index is 0.637. The third-order valence-corrected chi connectivity index (χ3v) is 3.58. The molecular formula is C17H20O. The molecule has 0 heterocycles. The molecule has 0 aliphatic carbocycles. The van der Waals surface area contributed by atoms with Crippen LogP contribution in [0, 0.1) is 13.8 Å². The van der Waals surface area contributed by atoms with E-state index in [9.17, 15) is 5.11 Å². The average Bonchev–Trinajstić information content (AvgIpc) is 2.33. The lowest BCUT2D eigenvalue weighted by atomic mass is 9.85. The molecule has 0 aliphatic rings. The van der Waals surface area contributed by atoms with E-state index < -0.39 is 5.60 Å². The van der Waals surface area contributed by atoms with Crippen molar-refractivity contribution in [1.82, 2.24) is 0 Å². The standard InChI is InChI=1S/C17H20O/c1-13-8-7-11-16(14(13)2)17(3,18)12-15-9-5-4-6-10-15/h4-11,18H,12H2,1-3H3. The number of hydrogen-bond acceptors (Lipinski definition) is 1. The van der Waals surface area contributed by atoms with Crippen LogP contribution in [-0.2, 0) is 12.0 Å². The van der Waals surface area contributed by atoms with Crippen molar-refractivity contribution in [3.63, 3.8) is 0 Å². The Morgan fingerprint density at radius 1 is 0.944 bits per heavy atom. The van der Waals surface area contributed by atoms with Gasteiger partial charge < -0.3 is 5.11 Å². The molecule has 0 spiro atoms. The van der Waals surface area contributed by atoms with Crippen LogP contribution in [0.15, 0.2) is 48.5 Å². The van der Waals surface area contributed by atoms with Crippen molar-refractivity contribution >= 4 is 0 Å². The molecule has 1 nitrogen and oxygen atoms in total. The van der Waals surface area contributed by atoms with Crippen molar-refractivity contribution in [3.8, 4) is 0 Å². The number of benzene rings is 2. The molecule has 0 saturated carbocycles. The maximum absolute atomic E-state index is 10.7. The third kappa shape index (κ3) is 2.62. The zero-order chi connectivity index (χ0) is 13.2. The van der Waals surface area contributed by atoms with E-state index in [-0.39, 0.29) is 0 Å². The predicted octanol–water partition coefficient (Wildman–Crippen LogP) is 3.75. The van der Waals surface area contributed by atoms with Gasteiger partial charge in [0.15, 0.2) is 0 Å². The highest BCUT2D eigenvalue weighted by atomic mass is 16.3. The predicted molar refractivity (Wildman–Crippen MR) is 75.6 cm³/mol. The van der Waals surface area contributed by atoms with Crippen molar-refractivity contribution in [1.29, 1.82) is 0 Å². The van der Waals surface area contributed by atoms with Crippen LogP contribution in [0.4, 0.5) is 0 Å². The zero-order valence-electron chi connectivity index (χ0n) is 11.3. The van der Waals surface area contributed by atoms with Gasteiger partial charge in [0.05, 0.1) is 5.60 Å². The first-order valence-electron chi connectivity index (χ1n) is 6.34. The van der Waals surface area contributed by atoms with E-state index >= 15 is 0 Å². The summed E-state index contributed by atoms with van der Waals surface area (Å²) in [5.74, 6) is 0. The molecule has 0 fully saturated rings. The molecule has 0 aliphatic heterocycles. The van der Waals surface area contributed by atoms with E-state index in [1.807, 2.05) is 37.3 Å². The average molecular weight is 240 g/mol. The molecule has 2 rings (SSSR count). The first-order valence-corrected chi connectivity index (χ1v) is 6.34. The van der Waals surface area contributed by atoms with Crippen LogP contribution < -0.4 is 0 Å². The maximum atomic E-state index is 10.7. The summed E-state index contributed by atoms with van der Waals surface area (Å²) in [4.78, 5) is 0. The number of aliphatic hydroxyl groups is 1. The van der Waals surface area contributed by atoms with E-state index in [1.54, 1.807) is 0 Å². The quantitative estimate of drug-likeness (QED) is 0.866. The van der Waals surface area contributed by atoms with E-state index in [2.05, 4.69) is 32.0 Å². The Hall–Kier alpha value is -1.60. The monoisotopic (exact) mass is 240 g/mol. The van der Waals surface area contributed by atoms with E-state index in [4.69, 9.17) is 0 Å². The summed E-state index contributed by atoms with van der Waals surface area (Å²) >= 11 is 0. The smallest absolute Gasteiger partial charge is 0.0911 e. The molecule has 1 unspecified atom stereocenters. The van der Waals surface area contributed by atoms with Gasteiger partial charge in [0.1, 0.15) is 0 Å². The molecule has 2 aromatic rings. The van der Waals surface area contributed by atoms with Crippen molar-refractivity contribution in [2.75, 3.05) is 0 Å². The highest BCUT2D eigenvalue weighted by Gasteiger charge is 2.25. The summed E-state index contributed by atoms with van der Waals surface area (Å²) in [6.45, 7) is 6.04. The minimum atomic E-state index is -0.822. The Bertz CT molecular complexity index is 527. The summed E-state index contributed by atoms with van der Waals surface area (Å²) in [6.07, 6.45) is 0.637. The lowest BCUT2D eigenvalue weighted by Gasteiger charge is -2.26. The molecule has 0 saturated heterocycles. The second-order valence-electron chi connectivity index (χ2n) is 5.18. The number of aryl methyl sites for hydroxylation is 1. The third-order valence-electron chi connectivity index (χ3n) is 3.58. The molecule has 1 heteroatoms. The summed E-state index contributed by atoms with van der Waals surface area (Å²) in [6, 6.07) is 16.2. The minimum Gasteiger partial charge on any atom is -0.385 e. The Morgan fingerprint density at radius 2 is 1.61 bits per heavy atom. The van der Waals surface area contributed by atoms with E-state index in [0.717, 1.165) is 11.1 Å².